The maximum absolute atomic E-state index is 12.0. The maximum atomic E-state index is 12.0. The molecule has 2 N–H and O–H groups in total. The number of ether oxygens (including phenoxy) is 1. The molecule has 0 saturated carbocycles. The van der Waals surface area contributed by atoms with E-state index in [4.69, 9.17) is 9.84 Å². The van der Waals surface area contributed by atoms with Gasteiger partial charge in [-0.25, -0.2) is 8.42 Å². The van der Waals surface area contributed by atoms with E-state index < -0.39 is 15.4 Å². The lowest BCUT2D eigenvalue weighted by molar-refractivity contribution is 0.179. The van der Waals surface area contributed by atoms with Crippen LogP contribution in [0.4, 0.5) is 5.69 Å². The maximum Gasteiger partial charge on any atom is 0.233 e. The Hall–Kier alpha value is -1.27. The number of aliphatic hydroxyl groups is 1. The lowest BCUT2D eigenvalue weighted by Crippen LogP contribution is -2.31. The molecule has 1 aromatic carbocycles. The van der Waals surface area contributed by atoms with Gasteiger partial charge in [0.25, 0.3) is 0 Å². The molecule has 0 unspecified atom stereocenters. The van der Waals surface area contributed by atoms with Gasteiger partial charge in [0.2, 0.25) is 10.0 Å². The summed E-state index contributed by atoms with van der Waals surface area (Å²) in [5.74, 6) is 0.303. The van der Waals surface area contributed by atoms with Crippen LogP contribution < -0.4 is 9.46 Å². The van der Waals surface area contributed by atoms with Crippen molar-refractivity contribution >= 4 is 15.7 Å². The number of sulfonamides is 1. The average Bonchev–Trinajstić information content (AvgIpc) is 2.28. The summed E-state index contributed by atoms with van der Waals surface area (Å²) >= 11 is 0. The van der Waals surface area contributed by atoms with Crippen molar-refractivity contribution in [3.05, 3.63) is 24.3 Å². The molecule has 0 aliphatic rings. The number of hydrogen-bond donors (Lipinski definition) is 2. The number of methoxy groups -OCH3 is 1. The quantitative estimate of drug-likeness (QED) is 0.822. The fourth-order valence-corrected chi connectivity index (χ4v) is 3.19. The third-order valence-corrected chi connectivity index (χ3v) is 4.07. The molecule has 0 radical (unpaired) electrons. The van der Waals surface area contributed by atoms with Gasteiger partial charge in [0, 0.05) is 12.0 Å². The van der Waals surface area contributed by atoms with Crippen LogP contribution in [0.1, 0.15) is 13.8 Å². The van der Waals surface area contributed by atoms with E-state index >= 15 is 0 Å². The molecule has 102 valence electrons. The summed E-state index contributed by atoms with van der Waals surface area (Å²) in [4.78, 5) is 0. The highest BCUT2D eigenvalue weighted by molar-refractivity contribution is 7.92. The lowest BCUT2D eigenvalue weighted by atomic mass is 9.98. The van der Waals surface area contributed by atoms with Crippen LogP contribution in [-0.2, 0) is 10.0 Å². The fraction of sp³-hybridized carbons (Fsp3) is 0.500. The monoisotopic (exact) mass is 273 g/mol. The number of anilines is 1. The number of aliphatic hydroxyl groups excluding tert-OH is 1. The molecule has 0 aromatic heterocycles. The third kappa shape index (κ3) is 4.19. The van der Waals surface area contributed by atoms with Gasteiger partial charge in [-0.3, -0.25) is 4.72 Å². The van der Waals surface area contributed by atoms with Gasteiger partial charge in [-0.15, -0.1) is 0 Å². The first kappa shape index (κ1) is 14.8. The van der Waals surface area contributed by atoms with E-state index in [1.54, 1.807) is 38.1 Å². The highest BCUT2D eigenvalue weighted by Gasteiger charge is 2.26. The zero-order valence-electron chi connectivity index (χ0n) is 10.8. The molecule has 6 heteroatoms. The van der Waals surface area contributed by atoms with E-state index in [2.05, 4.69) is 4.72 Å². The Kier molecular flexibility index (Phi) is 4.59. The molecule has 1 rings (SSSR count). The van der Waals surface area contributed by atoms with Crippen molar-refractivity contribution in [3.8, 4) is 5.75 Å². The van der Waals surface area contributed by atoms with Crippen LogP contribution >= 0.6 is 0 Å². The summed E-state index contributed by atoms with van der Waals surface area (Å²) in [7, 11) is -2.05. The Balaban J connectivity index is 2.89. The van der Waals surface area contributed by atoms with Crippen LogP contribution in [0.25, 0.3) is 0 Å². The molecule has 0 bridgehead atoms. The smallest absolute Gasteiger partial charge is 0.233 e. The molecule has 0 amide bonds. The van der Waals surface area contributed by atoms with Crippen molar-refractivity contribution in [3.63, 3.8) is 0 Å². The van der Waals surface area contributed by atoms with Crippen LogP contribution in [0.15, 0.2) is 24.3 Å². The van der Waals surface area contributed by atoms with E-state index in [0.717, 1.165) is 0 Å². The molecule has 18 heavy (non-hydrogen) atoms. The highest BCUT2D eigenvalue weighted by atomic mass is 32.2. The summed E-state index contributed by atoms with van der Waals surface area (Å²) < 4.78 is 31.5. The number of para-hydroxylation sites is 2. The molecule has 0 heterocycles. The standard InChI is InChI=1S/C12H19NO4S/c1-12(2,8-14)9-18(15,16)13-10-6-4-5-7-11(10)17-3/h4-7,13-14H,8-9H2,1-3H3. The highest BCUT2D eigenvalue weighted by Crippen LogP contribution is 2.26. The average molecular weight is 273 g/mol. The van der Waals surface area contributed by atoms with Gasteiger partial charge in [0.05, 0.1) is 18.6 Å². The van der Waals surface area contributed by atoms with Crippen LogP contribution in [0, 0.1) is 5.41 Å². The minimum atomic E-state index is -3.53. The van der Waals surface area contributed by atoms with Gasteiger partial charge >= 0.3 is 0 Å². The van der Waals surface area contributed by atoms with Gasteiger partial charge in [-0.1, -0.05) is 26.0 Å². The Morgan fingerprint density at radius 3 is 2.50 bits per heavy atom. The van der Waals surface area contributed by atoms with Gasteiger partial charge in [0.15, 0.2) is 0 Å². The Morgan fingerprint density at radius 2 is 1.94 bits per heavy atom. The number of hydrogen-bond acceptors (Lipinski definition) is 4. The first-order chi connectivity index (χ1) is 8.29. The SMILES string of the molecule is COc1ccccc1NS(=O)(=O)CC(C)(C)CO. The van der Waals surface area contributed by atoms with E-state index in [9.17, 15) is 8.42 Å². The minimum absolute atomic E-state index is 0.158. The summed E-state index contributed by atoms with van der Waals surface area (Å²) in [6, 6.07) is 6.78. The van der Waals surface area contributed by atoms with Crippen LogP contribution in [0.3, 0.4) is 0 Å². The zero-order chi connectivity index (χ0) is 13.8. The second-order valence-electron chi connectivity index (χ2n) is 4.88. The first-order valence-corrected chi connectivity index (χ1v) is 7.19. The second kappa shape index (κ2) is 5.58. The van der Waals surface area contributed by atoms with Crippen molar-refractivity contribution in [1.29, 1.82) is 0 Å². The molecule has 0 spiro atoms. The van der Waals surface area contributed by atoms with Crippen molar-refractivity contribution < 1.29 is 18.3 Å². The van der Waals surface area contributed by atoms with Crippen LogP contribution in [0.2, 0.25) is 0 Å². The van der Waals surface area contributed by atoms with E-state index in [1.165, 1.54) is 7.11 Å². The number of benzene rings is 1. The molecule has 0 aliphatic carbocycles. The van der Waals surface area contributed by atoms with Gasteiger partial charge in [-0.05, 0) is 12.1 Å². The fourth-order valence-electron chi connectivity index (χ4n) is 1.49. The predicted octanol–water partition coefficient (Wildman–Crippen LogP) is 1.46. The summed E-state index contributed by atoms with van der Waals surface area (Å²) in [6.07, 6.45) is 0. The van der Waals surface area contributed by atoms with E-state index in [0.29, 0.717) is 11.4 Å². The molecule has 0 fully saturated rings. The van der Waals surface area contributed by atoms with Crippen LogP contribution in [-0.4, -0.2) is 33.0 Å². The predicted molar refractivity (Wildman–Crippen MR) is 71.3 cm³/mol. The summed E-state index contributed by atoms with van der Waals surface area (Å²) in [6.45, 7) is 3.18. The molecule has 0 aliphatic heterocycles. The summed E-state index contributed by atoms with van der Waals surface area (Å²) in [5, 5.41) is 9.11. The Bertz CT molecular complexity index is 497. The Labute approximate surface area is 108 Å². The molecule has 0 atom stereocenters. The summed E-state index contributed by atoms with van der Waals surface area (Å²) in [5.41, 5.74) is -0.290. The molecular weight excluding hydrogens is 254 g/mol. The molecule has 5 nitrogen and oxygen atoms in total. The number of nitrogens with one attached hydrogen (secondary N) is 1. The normalized spacial score (nSPS) is 12.2. The third-order valence-electron chi connectivity index (χ3n) is 2.38. The van der Waals surface area contributed by atoms with Crippen molar-refractivity contribution in [1.82, 2.24) is 0 Å². The van der Waals surface area contributed by atoms with Crippen molar-refractivity contribution in [2.75, 3.05) is 24.2 Å². The van der Waals surface area contributed by atoms with Crippen LogP contribution in [0.5, 0.6) is 5.75 Å². The molecule has 0 saturated heterocycles. The topological polar surface area (TPSA) is 75.6 Å². The largest absolute Gasteiger partial charge is 0.495 e. The van der Waals surface area contributed by atoms with Gasteiger partial charge < -0.3 is 9.84 Å². The molecule has 1 aromatic rings. The van der Waals surface area contributed by atoms with Crippen molar-refractivity contribution in [2.45, 2.75) is 13.8 Å². The van der Waals surface area contributed by atoms with E-state index in [-0.39, 0.29) is 12.4 Å². The second-order valence-corrected chi connectivity index (χ2v) is 6.61. The van der Waals surface area contributed by atoms with Crippen molar-refractivity contribution in [2.24, 2.45) is 5.41 Å². The van der Waals surface area contributed by atoms with E-state index in [1.807, 2.05) is 0 Å². The lowest BCUT2D eigenvalue weighted by Gasteiger charge is -2.22. The first-order valence-electron chi connectivity index (χ1n) is 5.54. The number of rotatable bonds is 6. The molecular formula is C12H19NO4S. The van der Waals surface area contributed by atoms with Gasteiger partial charge in [-0.2, -0.15) is 0 Å². The Morgan fingerprint density at radius 1 is 1.33 bits per heavy atom. The van der Waals surface area contributed by atoms with Gasteiger partial charge in [0.1, 0.15) is 5.75 Å². The zero-order valence-corrected chi connectivity index (χ0v) is 11.6. The minimum Gasteiger partial charge on any atom is -0.495 e.